The van der Waals surface area contributed by atoms with Crippen molar-refractivity contribution in [1.29, 1.82) is 0 Å². The van der Waals surface area contributed by atoms with Crippen LogP contribution in [0.3, 0.4) is 0 Å². The minimum atomic E-state index is -4.27. The van der Waals surface area contributed by atoms with Gasteiger partial charge in [-0.2, -0.15) is 0 Å². The van der Waals surface area contributed by atoms with Crippen LogP contribution < -0.4 is 0 Å². The van der Waals surface area contributed by atoms with E-state index in [9.17, 15) is 19.0 Å². The van der Waals surface area contributed by atoms with Gasteiger partial charge in [-0.05, 0) is 70.6 Å². The molecule has 328 valence electrons. The Balaban J connectivity index is 3.96. The van der Waals surface area contributed by atoms with Crippen LogP contribution in [0.25, 0.3) is 0 Å². The van der Waals surface area contributed by atoms with Gasteiger partial charge in [-0.15, -0.1) is 0 Å². The lowest BCUT2D eigenvalue weighted by molar-refractivity contribution is -0.161. The largest absolute Gasteiger partial charge is 0.472 e. The highest BCUT2D eigenvalue weighted by atomic mass is 31.2. The average molecular weight is 811 g/mol. The Morgan fingerprint density at radius 1 is 0.500 bits per heavy atom. The number of esters is 2. The second-order valence-electron chi connectivity index (χ2n) is 15.5. The molecule has 0 aromatic rings. The maximum Gasteiger partial charge on any atom is 0.472 e. The summed E-state index contributed by atoms with van der Waals surface area (Å²) in [6.45, 7) is 3.88. The maximum atomic E-state index is 12.5. The number of unbranched alkanes of at least 4 members (excludes halogenated alkanes) is 26. The summed E-state index contributed by atoms with van der Waals surface area (Å²) < 4.78 is 32.1. The van der Waals surface area contributed by atoms with E-state index < -0.39 is 26.5 Å². The highest BCUT2D eigenvalue weighted by Gasteiger charge is 2.24. The van der Waals surface area contributed by atoms with Crippen LogP contribution in [0.4, 0.5) is 0 Å². The van der Waals surface area contributed by atoms with Crippen LogP contribution in [0, 0.1) is 0 Å². The summed E-state index contributed by atoms with van der Waals surface area (Å²) in [4.78, 5) is 34.6. The zero-order valence-electron chi connectivity index (χ0n) is 36.5. The van der Waals surface area contributed by atoms with Gasteiger partial charge in [0.05, 0.1) is 6.61 Å². The van der Waals surface area contributed by atoms with Crippen LogP contribution >= 0.6 is 7.82 Å². The number of phosphoric ester groups is 1. The van der Waals surface area contributed by atoms with E-state index in [1.807, 2.05) is 0 Å². The van der Waals surface area contributed by atoms with Gasteiger partial charge in [-0.25, -0.2) is 4.57 Å². The molecule has 0 fully saturated rings. The first-order chi connectivity index (χ1) is 27.3. The van der Waals surface area contributed by atoms with Crippen LogP contribution in [0.15, 0.2) is 36.5 Å². The highest BCUT2D eigenvalue weighted by molar-refractivity contribution is 7.47. The molecule has 2 unspecified atom stereocenters. The van der Waals surface area contributed by atoms with E-state index in [-0.39, 0.29) is 25.4 Å². The first-order valence-corrected chi connectivity index (χ1v) is 24.7. The third-order valence-electron chi connectivity index (χ3n) is 10.1. The zero-order chi connectivity index (χ0) is 41.1. The molecule has 0 saturated heterocycles. The standard InChI is InChI=1S/C47H87O8P/c1-4-6-8-10-12-14-16-18-20-22-24-26-27-29-31-33-35-37-39-41-46(48)53-43-45(44-54-56(50,51)52-3)55-47(49)42-40-38-36-34-32-30-28-25-23-21-19-17-15-13-11-9-7-5-2/h15,17-18,20-21,23,45H,4-14,16,19,22,24-44H2,1-3H3,(H,50,51)/b17-15-,20-18-,23-21-. The van der Waals surface area contributed by atoms with E-state index in [4.69, 9.17) is 14.0 Å². The van der Waals surface area contributed by atoms with Gasteiger partial charge in [0.25, 0.3) is 0 Å². The predicted molar refractivity (Wildman–Crippen MR) is 235 cm³/mol. The van der Waals surface area contributed by atoms with Crippen LogP contribution in [0.1, 0.15) is 226 Å². The van der Waals surface area contributed by atoms with E-state index in [1.165, 1.54) is 141 Å². The third-order valence-corrected chi connectivity index (χ3v) is 11.0. The molecule has 0 rings (SSSR count). The van der Waals surface area contributed by atoms with Crippen molar-refractivity contribution in [1.82, 2.24) is 0 Å². The summed E-state index contributed by atoms with van der Waals surface area (Å²) in [5.41, 5.74) is 0. The predicted octanol–water partition coefficient (Wildman–Crippen LogP) is 14.8. The monoisotopic (exact) mass is 811 g/mol. The first-order valence-electron chi connectivity index (χ1n) is 23.2. The quantitative estimate of drug-likeness (QED) is 0.0281. The number of phosphoric acid groups is 1. The highest BCUT2D eigenvalue weighted by Crippen LogP contribution is 2.42. The molecule has 0 aromatic heterocycles. The van der Waals surface area contributed by atoms with E-state index in [2.05, 4.69) is 54.8 Å². The van der Waals surface area contributed by atoms with Gasteiger partial charge in [0.15, 0.2) is 6.10 Å². The molecule has 0 radical (unpaired) electrons. The molecule has 0 aliphatic rings. The Morgan fingerprint density at radius 3 is 1.29 bits per heavy atom. The average Bonchev–Trinajstić information content (AvgIpc) is 3.19. The number of ether oxygens (including phenoxy) is 2. The summed E-state index contributed by atoms with van der Waals surface area (Å²) in [6.07, 6.45) is 50.5. The van der Waals surface area contributed by atoms with Crippen molar-refractivity contribution in [3.63, 3.8) is 0 Å². The van der Waals surface area contributed by atoms with Gasteiger partial charge >= 0.3 is 19.8 Å². The van der Waals surface area contributed by atoms with Crippen molar-refractivity contribution < 1.29 is 37.6 Å². The Morgan fingerprint density at radius 2 is 0.857 bits per heavy atom. The van der Waals surface area contributed by atoms with Crippen molar-refractivity contribution >= 4 is 19.8 Å². The summed E-state index contributed by atoms with van der Waals surface area (Å²) >= 11 is 0. The minimum absolute atomic E-state index is 0.228. The fourth-order valence-electron chi connectivity index (χ4n) is 6.51. The van der Waals surface area contributed by atoms with E-state index in [0.717, 1.165) is 58.5 Å². The molecule has 8 nitrogen and oxygen atoms in total. The lowest BCUT2D eigenvalue weighted by Gasteiger charge is -2.19. The zero-order valence-corrected chi connectivity index (χ0v) is 37.4. The summed E-state index contributed by atoms with van der Waals surface area (Å²) in [6, 6.07) is 0. The molecule has 0 aromatic carbocycles. The van der Waals surface area contributed by atoms with Crippen LogP contribution in [-0.4, -0.2) is 43.3 Å². The van der Waals surface area contributed by atoms with Crippen molar-refractivity contribution in [3.8, 4) is 0 Å². The fourth-order valence-corrected chi connectivity index (χ4v) is 6.97. The first kappa shape index (κ1) is 54.3. The summed E-state index contributed by atoms with van der Waals surface area (Å²) in [5.74, 6) is -0.809. The molecule has 1 N–H and O–H groups in total. The summed E-state index contributed by atoms with van der Waals surface area (Å²) in [7, 11) is -3.20. The molecule has 56 heavy (non-hydrogen) atoms. The molecule has 0 spiro atoms. The molecule has 0 amide bonds. The number of hydrogen-bond donors (Lipinski definition) is 1. The number of carbonyl (C=O) groups excluding carboxylic acids is 2. The second-order valence-corrected chi connectivity index (χ2v) is 17.1. The molecule has 0 saturated carbocycles. The number of carbonyl (C=O) groups is 2. The summed E-state index contributed by atoms with van der Waals surface area (Å²) in [5, 5.41) is 0. The number of hydrogen-bond acceptors (Lipinski definition) is 7. The lowest BCUT2D eigenvalue weighted by atomic mass is 10.1. The SMILES string of the molecule is CCCCCC/C=C\C/C=C\CCCCCCCCCC(=O)OC(COC(=O)CCCCCCCCCCC/C=C\CCCCCCCC)COP(=O)(O)OC. The molecule has 0 bridgehead atoms. The molecule has 0 aliphatic carbocycles. The Bertz CT molecular complexity index is 1010. The minimum Gasteiger partial charge on any atom is -0.462 e. The van der Waals surface area contributed by atoms with Crippen molar-refractivity contribution in [3.05, 3.63) is 36.5 Å². The molecule has 0 aliphatic heterocycles. The molecule has 9 heteroatoms. The van der Waals surface area contributed by atoms with Gasteiger partial charge < -0.3 is 14.4 Å². The van der Waals surface area contributed by atoms with E-state index >= 15 is 0 Å². The van der Waals surface area contributed by atoms with Gasteiger partial charge in [0.2, 0.25) is 0 Å². The van der Waals surface area contributed by atoms with Crippen LogP contribution in [-0.2, 0) is 32.7 Å². The maximum absolute atomic E-state index is 12.5. The second kappa shape index (κ2) is 42.9. The molecule has 0 heterocycles. The Kier molecular flexibility index (Phi) is 41.5. The van der Waals surface area contributed by atoms with Gasteiger partial charge in [0, 0.05) is 20.0 Å². The van der Waals surface area contributed by atoms with E-state index in [1.54, 1.807) is 0 Å². The topological polar surface area (TPSA) is 108 Å². The molecular formula is C47H87O8P. The normalized spacial score (nSPS) is 13.6. The smallest absolute Gasteiger partial charge is 0.462 e. The third kappa shape index (κ3) is 41.9. The number of allylic oxidation sites excluding steroid dienone is 6. The van der Waals surface area contributed by atoms with Crippen molar-refractivity contribution in [2.24, 2.45) is 0 Å². The number of rotatable bonds is 43. The van der Waals surface area contributed by atoms with Gasteiger partial charge in [-0.1, -0.05) is 179 Å². The Hall–Kier alpha value is -1.73. The molecule has 2 atom stereocenters. The van der Waals surface area contributed by atoms with Gasteiger partial charge in [-0.3, -0.25) is 18.6 Å². The lowest BCUT2D eigenvalue weighted by Crippen LogP contribution is -2.29. The van der Waals surface area contributed by atoms with Gasteiger partial charge in [0.1, 0.15) is 6.61 Å². The van der Waals surface area contributed by atoms with E-state index in [0.29, 0.717) is 6.42 Å². The molecular weight excluding hydrogens is 723 g/mol. The fraction of sp³-hybridized carbons (Fsp3) is 0.830. The van der Waals surface area contributed by atoms with Crippen molar-refractivity contribution in [2.75, 3.05) is 20.3 Å². The Labute approximate surface area is 345 Å². The van der Waals surface area contributed by atoms with Crippen LogP contribution in [0.5, 0.6) is 0 Å². The van der Waals surface area contributed by atoms with Crippen LogP contribution in [0.2, 0.25) is 0 Å². The van der Waals surface area contributed by atoms with Crippen molar-refractivity contribution in [2.45, 2.75) is 232 Å².